The highest BCUT2D eigenvalue weighted by atomic mass is 32.2. The molecule has 0 bridgehead atoms. The van der Waals surface area contributed by atoms with Crippen LogP contribution in [0, 0.1) is 0 Å². The van der Waals surface area contributed by atoms with Crippen molar-refractivity contribution in [1.29, 1.82) is 0 Å². The van der Waals surface area contributed by atoms with E-state index >= 15 is 0 Å². The second kappa shape index (κ2) is 6.46. The molecule has 0 aliphatic rings. The average Bonchev–Trinajstić information content (AvgIpc) is 2.85. The Labute approximate surface area is 121 Å². The summed E-state index contributed by atoms with van der Waals surface area (Å²) in [5.41, 5.74) is 0. The Morgan fingerprint density at radius 3 is 2.50 bits per heavy atom. The van der Waals surface area contributed by atoms with Crippen LogP contribution in [0.4, 0.5) is 11.9 Å². The average molecular weight is 295 g/mol. The van der Waals surface area contributed by atoms with Crippen molar-refractivity contribution in [2.24, 2.45) is 7.05 Å². The molecule has 0 fully saturated rings. The first-order chi connectivity index (χ1) is 9.67. The van der Waals surface area contributed by atoms with Gasteiger partial charge in [-0.25, -0.2) is 4.68 Å². The Kier molecular flexibility index (Phi) is 4.66. The van der Waals surface area contributed by atoms with Crippen molar-refractivity contribution in [3.05, 3.63) is 0 Å². The van der Waals surface area contributed by atoms with E-state index in [0.717, 1.165) is 13.1 Å². The molecular weight excluding hydrogens is 278 g/mol. The fourth-order valence-electron chi connectivity index (χ4n) is 1.54. The molecule has 9 nitrogen and oxygen atoms in total. The first kappa shape index (κ1) is 14.4. The van der Waals surface area contributed by atoms with E-state index < -0.39 is 0 Å². The molecule has 2 aromatic heterocycles. The number of rotatable bonds is 6. The van der Waals surface area contributed by atoms with E-state index in [1.807, 2.05) is 0 Å². The van der Waals surface area contributed by atoms with Gasteiger partial charge in [0.05, 0.1) is 0 Å². The van der Waals surface area contributed by atoms with Crippen LogP contribution in [-0.2, 0) is 7.05 Å². The minimum Gasteiger partial charge on any atom is -0.357 e. The Morgan fingerprint density at radius 2 is 1.95 bits per heavy atom. The Balaban J connectivity index is 2.32. The third kappa shape index (κ3) is 3.13. The largest absolute Gasteiger partial charge is 0.357 e. The Hall–Kier alpha value is -1.97. The van der Waals surface area contributed by atoms with Crippen LogP contribution in [0.1, 0.15) is 13.8 Å². The highest BCUT2D eigenvalue weighted by Crippen LogP contribution is 2.23. The van der Waals surface area contributed by atoms with Gasteiger partial charge in [-0.15, -0.1) is 5.10 Å². The van der Waals surface area contributed by atoms with Crippen LogP contribution < -0.4 is 10.2 Å². The molecule has 0 amide bonds. The second-order valence-corrected chi connectivity index (χ2v) is 4.79. The number of tetrazole rings is 1. The van der Waals surface area contributed by atoms with Gasteiger partial charge >= 0.3 is 0 Å². The zero-order valence-electron chi connectivity index (χ0n) is 11.9. The molecule has 0 unspecified atom stereocenters. The van der Waals surface area contributed by atoms with Gasteiger partial charge in [-0.3, -0.25) is 0 Å². The topological polar surface area (TPSA) is 97.5 Å². The van der Waals surface area contributed by atoms with E-state index in [1.54, 1.807) is 18.8 Å². The molecule has 0 spiro atoms. The van der Waals surface area contributed by atoms with Gasteiger partial charge in [-0.05, 0) is 36.0 Å². The van der Waals surface area contributed by atoms with Crippen molar-refractivity contribution in [2.75, 3.05) is 30.4 Å². The number of hydrogen-bond acceptors (Lipinski definition) is 9. The monoisotopic (exact) mass is 295 g/mol. The summed E-state index contributed by atoms with van der Waals surface area (Å²) in [5, 5.41) is 15.4. The number of anilines is 2. The number of nitrogens with zero attached hydrogens (tertiary/aromatic N) is 8. The molecule has 0 atom stereocenters. The van der Waals surface area contributed by atoms with Gasteiger partial charge in [0.2, 0.25) is 22.2 Å². The number of aromatic nitrogens is 7. The molecule has 1 N–H and O–H groups in total. The Bertz CT molecular complexity index is 566. The summed E-state index contributed by atoms with van der Waals surface area (Å²) < 4.78 is 1.57. The van der Waals surface area contributed by atoms with Gasteiger partial charge in [-0.1, -0.05) is 0 Å². The zero-order valence-corrected chi connectivity index (χ0v) is 12.7. The molecule has 2 heterocycles. The Morgan fingerprint density at radius 1 is 1.20 bits per heavy atom. The van der Waals surface area contributed by atoms with Crippen molar-refractivity contribution in [3.63, 3.8) is 0 Å². The van der Waals surface area contributed by atoms with Crippen molar-refractivity contribution in [3.8, 4) is 0 Å². The third-order valence-corrected chi connectivity index (χ3v) is 3.53. The van der Waals surface area contributed by atoms with E-state index in [0.29, 0.717) is 22.2 Å². The fourth-order valence-corrected chi connectivity index (χ4v) is 2.21. The molecule has 0 aliphatic carbocycles. The van der Waals surface area contributed by atoms with E-state index in [4.69, 9.17) is 0 Å². The maximum absolute atomic E-state index is 4.46. The van der Waals surface area contributed by atoms with E-state index in [-0.39, 0.29) is 0 Å². The summed E-state index contributed by atoms with van der Waals surface area (Å²) in [4.78, 5) is 15.2. The summed E-state index contributed by atoms with van der Waals surface area (Å²) in [7, 11) is 3.55. The van der Waals surface area contributed by atoms with Crippen molar-refractivity contribution >= 4 is 23.7 Å². The number of nitrogens with one attached hydrogen (secondary N) is 1. The van der Waals surface area contributed by atoms with Crippen LogP contribution in [0.15, 0.2) is 10.3 Å². The SMILES string of the molecule is CCN(CC)c1nc(NC)nc(Sc2nnnn2C)n1. The van der Waals surface area contributed by atoms with Crippen LogP contribution >= 0.6 is 11.8 Å². The maximum Gasteiger partial charge on any atom is 0.231 e. The summed E-state index contributed by atoms with van der Waals surface area (Å²) in [6.07, 6.45) is 0. The van der Waals surface area contributed by atoms with Crippen LogP contribution in [0.3, 0.4) is 0 Å². The van der Waals surface area contributed by atoms with Crippen LogP contribution in [0.2, 0.25) is 0 Å². The maximum atomic E-state index is 4.46. The number of aryl methyl sites for hydroxylation is 1. The summed E-state index contributed by atoms with van der Waals surface area (Å²) >= 11 is 1.30. The van der Waals surface area contributed by atoms with Gasteiger partial charge in [0.15, 0.2) is 0 Å². The predicted molar refractivity (Wildman–Crippen MR) is 75.9 cm³/mol. The highest BCUT2D eigenvalue weighted by Gasteiger charge is 2.13. The minimum atomic E-state index is 0.527. The van der Waals surface area contributed by atoms with Gasteiger partial charge in [0, 0.05) is 27.2 Å². The molecular formula is C10H17N9S. The quantitative estimate of drug-likeness (QED) is 0.813. The van der Waals surface area contributed by atoms with Crippen molar-refractivity contribution in [2.45, 2.75) is 24.2 Å². The van der Waals surface area contributed by atoms with Crippen LogP contribution in [0.5, 0.6) is 0 Å². The lowest BCUT2D eigenvalue weighted by Gasteiger charge is -2.19. The van der Waals surface area contributed by atoms with Gasteiger partial charge in [-0.2, -0.15) is 15.0 Å². The van der Waals surface area contributed by atoms with Crippen molar-refractivity contribution < 1.29 is 0 Å². The molecule has 2 aromatic rings. The van der Waals surface area contributed by atoms with E-state index in [1.165, 1.54) is 11.8 Å². The van der Waals surface area contributed by atoms with Gasteiger partial charge < -0.3 is 10.2 Å². The minimum absolute atomic E-state index is 0.527. The zero-order chi connectivity index (χ0) is 14.5. The standard InChI is InChI=1S/C10H17N9S/c1-5-19(6-2)8-12-7(11-3)13-9(14-8)20-10-15-16-17-18(10)4/h5-6H2,1-4H3,(H,11,12,13,14). The molecule has 2 rings (SSSR count). The molecule has 0 radical (unpaired) electrons. The summed E-state index contributed by atoms with van der Waals surface area (Å²) in [6.45, 7) is 5.79. The van der Waals surface area contributed by atoms with E-state index in [2.05, 4.69) is 54.5 Å². The van der Waals surface area contributed by atoms with E-state index in [9.17, 15) is 0 Å². The lowest BCUT2D eigenvalue weighted by atomic mass is 10.5. The normalized spacial score (nSPS) is 10.6. The molecule has 0 aromatic carbocycles. The highest BCUT2D eigenvalue weighted by molar-refractivity contribution is 7.99. The van der Waals surface area contributed by atoms with Crippen molar-refractivity contribution in [1.82, 2.24) is 35.2 Å². The number of hydrogen-bond donors (Lipinski definition) is 1. The first-order valence-electron chi connectivity index (χ1n) is 6.26. The van der Waals surface area contributed by atoms with Crippen LogP contribution in [-0.4, -0.2) is 55.3 Å². The molecule has 10 heteroatoms. The van der Waals surface area contributed by atoms with Gasteiger partial charge in [0.25, 0.3) is 0 Å². The molecule has 108 valence electrons. The second-order valence-electron chi connectivity index (χ2n) is 3.85. The molecule has 0 saturated heterocycles. The van der Waals surface area contributed by atoms with Crippen LogP contribution in [0.25, 0.3) is 0 Å². The molecule has 20 heavy (non-hydrogen) atoms. The smallest absolute Gasteiger partial charge is 0.231 e. The van der Waals surface area contributed by atoms with Gasteiger partial charge in [0.1, 0.15) is 0 Å². The summed E-state index contributed by atoms with van der Waals surface area (Å²) in [6, 6.07) is 0. The first-order valence-corrected chi connectivity index (χ1v) is 7.08. The lowest BCUT2D eigenvalue weighted by molar-refractivity contribution is 0.663. The lowest BCUT2D eigenvalue weighted by Crippen LogP contribution is -2.25. The molecule has 0 aliphatic heterocycles. The third-order valence-electron chi connectivity index (χ3n) is 2.64. The predicted octanol–water partition coefficient (Wildman–Crippen LogP) is 0.434. The fraction of sp³-hybridized carbons (Fsp3) is 0.600. The summed E-state index contributed by atoms with van der Waals surface area (Å²) in [5.74, 6) is 1.17. The molecule has 0 saturated carbocycles.